The molecule has 4 N–H and O–H groups in total. The van der Waals surface area contributed by atoms with Crippen LogP contribution in [0.15, 0.2) is 36.4 Å². The number of fused-ring (bicyclic) bond motifs is 1. The third-order valence-corrected chi connectivity index (χ3v) is 4.15. The van der Waals surface area contributed by atoms with E-state index < -0.39 is 0 Å². The van der Waals surface area contributed by atoms with Gasteiger partial charge in [-0.3, -0.25) is 0 Å². The van der Waals surface area contributed by atoms with E-state index in [2.05, 4.69) is 11.4 Å². The maximum absolute atomic E-state index is 8.98. The molecule has 1 aliphatic carbocycles. The van der Waals surface area contributed by atoms with E-state index in [0.29, 0.717) is 17.0 Å². The minimum Gasteiger partial charge on any atom is -0.398 e. The van der Waals surface area contributed by atoms with Gasteiger partial charge in [-0.15, -0.1) is 0 Å². The molecular formula is C18H18N4. The molecule has 0 amide bonds. The lowest BCUT2D eigenvalue weighted by Crippen LogP contribution is -2.08. The summed E-state index contributed by atoms with van der Waals surface area (Å²) in [5.74, 6) is 0. The molecule has 0 radical (unpaired) electrons. The van der Waals surface area contributed by atoms with Crippen molar-refractivity contribution in [3.05, 3.63) is 58.7 Å². The molecule has 4 heteroatoms. The largest absolute Gasteiger partial charge is 0.398 e. The Morgan fingerprint density at radius 1 is 1.32 bits per heavy atom. The van der Waals surface area contributed by atoms with Crippen molar-refractivity contribution in [3.8, 4) is 6.07 Å². The van der Waals surface area contributed by atoms with Crippen LogP contribution in [0.5, 0.6) is 0 Å². The number of nitrogens with two attached hydrogens (primary N) is 1. The summed E-state index contributed by atoms with van der Waals surface area (Å²) in [5, 5.41) is 20.3. The number of nitriles is 1. The van der Waals surface area contributed by atoms with E-state index in [1.807, 2.05) is 36.4 Å². The van der Waals surface area contributed by atoms with Crippen LogP contribution in [0.25, 0.3) is 0 Å². The first-order chi connectivity index (χ1) is 10.6. The minimum atomic E-state index is 0.241. The summed E-state index contributed by atoms with van der Waals surface area (Å²) in [4.78, 5) is 0. The lowest BCUT2D eigenvalue weighted by Gasteiger charge is -2.17. The zero-order valence-corrected chi connectivity index (χ0v) is 12.5. The monoisotopic (exact) mass is 290 g/mol. The third-order valence-electron chi connectivity index (χ3n) is 4.15. The van der Waals surface area contributed by atoms with Gasteiger partial charge in [0.05, 0.1) is 17.7 Å². The number of aryl methyl sites for hydroxylation is 1. The van der Waals surface area contributed by atoms with Crippen LogP contribution < -0.4 is 11.1 Å². The van der Waals surface area contributed by atoms with E-state index in [4.69, 9.17) is 16.4 Å². The fourth-order valence-corrected chi connectivity index (χ4v) is 3.01. The van der Waals surface area contributed by atoms with E-state index >= 15 is 0 Å². The van der Waals surface area contributed by atoms with Gasteiger partial charge in [0.2, 0.25) is 0 Å². The standard InChI is InChI=1S/C18H18N4/c1-11(20)16-9-14(4-6-17(16)21)22-18-7-3-13-8-12(10-19)2-5-15(13)18/h2,4-6,8-9,18,20,22H,3,7,21H2,1H3/t18-/m1/s1. The number of nitrogen functional groups attached to an aromatic ring is 1. The van der Waals surface area contributed by atoms with Crippen LogP contribution in [0, 0.1) is 16.7 Å². The van der Waals surface area contributed by atoms with E-state index in [1.165, 1.54) is 11.1 Å². The van der Waals surface area contributed by atoms with E-state index in [-0.39, 0.29) is 6.04 Å². The molecule has 0 fully saturated rings. The zero-order valence-electron chi connectivity index (χ0n) is 12.5. The van der Waals surface area contributed by atoms with Crippen LogP contribution >= 0.6 is 0 Å². The Bertz CT molecular complexity index is 786. The molecule has 2 aromatic rings. The van der Waals surface area contributed by atoms with Crippen LogP contribution in [-0.2, 0) is 6.42 Å². The Kier molecular flexibility index (Phi) is 3.56. The summed E-state index contributed by atoms with van der Waals surface area (Å²) in [6, 6.07) is 14.0. The van der Waals surface area contributed by atoms with Gasteiger partial charge in [0.1, 0.15) is 0 Å². The van der Waals surface area contributed by atoms with Gasteiger partial charge >= 0.3 is 0 Å². The minimum absolute atomic E-state index is 0.241. The Morgan fingerprint density at radius 2 is 2.14 bits per heavy atom. The fraction of sp³-hybridized carbons (Fsp3) is 0.222. The van der Waals surface area contributed by atoms with E-state index in [9.17, 15) is 0 Å². The number of benzene rings is 2. The normalized spacial score (nSPS) is 15.9. The van der Waals surface area contributed by atoms with Crippen LogP contribution in [0.4, 0.5) is 11.4 Å². The van der Waals surface area contributed by atoms with E-state index in [0.717, 1.165) is 24.1 Å². The van der Waals surface area contributed by atoms with Crippen molar-refractivity contribution in [1.82, 2.24) is 0 Å². The summed E-state index contributed by atoms with van der Waals surface area (Å²) in [6.45, 7) is 1.74. The summed E-state index contributed by atoms with van der Waals surface area (Å²) < 4.78 is 0. The van der Waals surface area contributed by atoms with Gasteiger partial charge in [-0.05, 0) is 61.2 Å². The van der Waals surface area contributed by atoms with E-state index in [1.54, 1.807) is 6.92 Å². The van der Waals surface area contributed by atoms with Crippen molar-refractivity contribution < 1.29 is 0 Å². The predicted octanol–water partition coefficient (Wildman–Crippen LogP) is 3.63. The Morgan fingerprint density at radius 3 is 2.86 bits per heavy atom. The molecule has 0 saturated heterocycles. The van der Waals surface area contributed by atoms with Crippen LogP contribution in [0.2, 0.25) is 0 Å². The summed E-state index contributed by atoms with van der Waals surface area (Å²) >= 11 is 0. The highest BCUT2D eigenvalue weighted by Gasteiger charge is 2.22. The van der Waals surface area contributed by atoms with Crippen LogP contribution in [0.3, 0.4) is 0 Å². The van der Waals surface area contributed by atoms with Crippen molar-refractivity contribution >= 4 is 17.1 Å². The van der Waals surface area contributed by atoms with Gasteiger partial charge in [0.15, 0.2) is 0 Å². The van der Waals surface area contributed by atoms with Crippen LogP contribution in [0.1, 0.15) is 41.6 Å². The summed E-state index contributed by atoms with van der Waals surface area (Å²) in [7, 11) is 0. The molecule has 3 rings (SSSR count). The zero-order chi connectivity index (χ0) is 15.7. The predicted molar refractivity (Wildman–Crippen MR) is 89.2 cm³/mol. The maximum atomic E-state index is 8.98. The molecular weight excluding hydrogens is 272 g/mol. The second-order valence-corrected chi connectivity index (χ2v) is 5.69. The van der Waals surface area contributed by atoms with Gasteiger partial charge < -0.3 is 16.5 Å². The second-order valence-electron chi connectivity index (χ2n) is 5.69. The maximum Gasteiger partial charge on any atom is 0.0991 e. The quantitative estimate of drug-likeness (QED) is 0.596. The third kappa shape index (κ3) is 2.53. The molecule has 110 valence electrons. The van der Waals surface area contributed by atoms with Crippen molar-refractivity contribution in [2.75, 3.05) is 11.1 Å². The number of nitrogens with one attached hydrogen (secondary N) is 2. The Labute approximate surface area is 130 Å². The molecule has 0 heterocycles. The molecule has 0 aliphatic heterocycles. The molecule has 0 bridgehead atoms. The number of hydrogen-bond acceptors (Lipinski definition) is 4. The van der Waals surface area contributed by atoms with Gasteiger partial charge in [-0.1, -0.05) is 6.07 Å². The number of nitrogens with zero attached hydrogens (tertiary/aromatic N) is 1. The number of anilines is 2. The van der Waals surface area contributed by atoms with Crippen molar-refractivity contribution in [3.63, 3.8) is 0 Å². The highest BCUT2D eigenvalue weighted by atomic mass is 14.9. The smallest absolute Gasteiger partial charge is 0.0991 e. The molecule has 1 atom stereocenters. The molecule has 4 nitrogen and oxygen atoms in total. The summed E-state index contributed by atoms with van der Waals surface area (Å²) in [6.07, 6.45) is 1.99. The molecule has 0 aromatic heterocycles. The fourth-order valence-electron chi connectivity index (χ4n) is 3.01. The topological polar surface area (TPSA) is 85.7 Å². The molecule has 2 aromatic carbocycles. The average molecular weight is 290 g/mol. The molecule has 22 heavy (non-hydrogen) atoms. The molecule has 0 saturated carbocycles. The highest BCUT2D eigenvalue weighted by Crippen LogP contribution is 2.34. The van der Waals surface area contributed by atoms with Gasteiger partial charge in [0, 0.05) is 22.6 Å². The van der Waals surface area contributed by atoms with Crippen LogP contribution in [-0.4, -0.2) is 5.71 Å². The second kappa shape index (κ2) is 5.53. The average Bonchev–Trinajstić information content (AvgIpc) is 2.91. The first kappa shape index (κ1) is 14.2. The van der Waals surface area contributed by atoms with Crippen molar-refractivity contribution in [1.29, 1.82) is 10.7 Å². The lowest BCUT2D eigenvalue weighted by molar-refractivity contribution is 0.762. The summed E-state index contributed by atoms with van der Waals surface area (Å²) in [5.41, 5.74) is 12.0. The molecule has 0 spiro atoms. The Balaban J connectivity index is 1.86. The number of rotatable bonds is 3. The molecule has 1 aliphatic rings. The van der Waals surface area contributed by atoms with Crippen molar-refractivity contribution in [2.45, 2.75) is 25.8 Å². The SMILES string of the molecule is CC(=N)c1cc(N[C@@H]2CCc3cc(C#N)ccc32)ccc1N. The molecule has 0 unspecified atom stereocenters. The number of hydrogen-bond donors (Lipinski definition) is 3. The first-order valence-corrected chi connectivity index (χ1v) is 7.33. The van der Waals surface area contributed by atoms with Crippen molar-refractivity contribution in [2.24, 2.45) is 0 Å². The van der Waals surface area contributed by atoms with Gasteiger partial charge in [0.25, 0.3) is 0 Å². The lowest BCUT2D eigenvalue weighted by atomic mass is 10.0. The highest BCUT2D eigenvalue weighted by molar-refractivity contribution is 6.01. The Hall–Kier alpha value is -2.80. The van der Waals surface area contributed by atoms with Gasteiger partial charge in [-0.2, -0.15) is 5.26 Å². The van der Waals surface area contributed by atoms with Gasteiger partial charge in [-0.25, -0.2) is 0 Å². The first-order valence-electron chi connectivity index (χ1n) is 7.33.